The molecule has 0 spiro atoms. The number of carbonyl (C=O) groups excluding carboxylic acids is 5. The number of ether oxygens (including phenoxy) is 5. The van der Waals surface area contributed by atoms with Crippen LogP contribution in [0.3, 0.4) is 0 Å². The monoisotopic (exact) mass is 794 g/mol. The summed E-state index contributed by atoms with van der Waals surface area (Å²) in [7, 11) is 2.97. The van der Waals surface area contributed by atoms with Crippen molar-refractivity contribution in [2.24, 2.45) is 5.41 Å². The highest BCUT2D eigenvalue weighted by molar-refractivity contribution is 5.95. The maximum Gasteiger partial charge on any atom is 0.306 e. The van der Waals surface area contributed by atoms with Crippen LogP contribution < -0.4 is 10.6 Å². The Morgan fingerprint density at radius 1 is 1.02 bits per heavy atom. The summed E-state index contributed by atoms with van der Waals surface area (Å²) in [6.07, 6.45) is 23.5. The molecule has 0 radical (unpaired) electrons. The molecular formula is C42H58N4O11. The highest BCUT2D eigenvalue weighted by Gasteiger charge is 2.49. The van der Waals surface area contributed by atoms with Crippen LogP contribution in [0.25, 0.3) is 0 Å². The van der Waals surface area contributed by atoms with Gasteiger partial charge in [0.25, 0.3) is 5.91 Å². The number of likely N-dealkylation sites (N-methyl/N-ethyl adjacent to an activating group) is 1. The number of oxazole rings is 1. The van der Waals surface area contributed by atoms with E-state index in [2.05, 4.69) is 15.6 Å². The van der Waals surface area contributed by atoms with E-state index in [1.165, 1.54) is 38.1 Å². The molecule has 15 heteroatoms. The van der Waals surface area contributed by atoms with Gasteiger partial charge in [-0.2, -0.15) is 0 Å². The van der Waals surface area contributed by atoms with Crippen molar-refractivity contribution in [3.05, 3.63) is 102 Å². The van der Waals surface area contributed by atoms with Gasteiger partial charge in [-0.3, -0.25) is 24.0 Å². The summed E-state index contributed by atoms with van der Waals surface area (Å²) in [5.41, 5.74) is -2.13. The molecule has 57 heavy (non-hydrogen) atoms. The summed E-state index contributed by atoms with van der Waals surface area (Å²) in [4.78, 5) is 68.7. The Bertz CT molecular complexity index is 1710. The summed E-state index contributed by atoms with van der Waals surface area (Å²) in [6, 6.07) is -0.656. The summed E-state index contributed by atoms with van der Waals surface area (Å²) < 4.78 is 32.5. The van der Waals surface area contributed by atoms with Gasteiger partial charge in [-0.25, -0.2) is 4.98 Å². The van der Waals surface area contributed by atoms with Gasteiger partial charge < -0.3 is 43.6 Å². The first-order chi connectivity index (χ1) is 27.1. The van der Waals surface area contributed by atoms with Crippen LogP contribution >= 0.6 is 0 Å². The molecule has 1 saturated heterocycles. The molecule has 15 nitrogen and oxygen atoms in total. The summed E-state index contributed by atoms with van der Waals surface area (Å²) in [6.45, 7) is 11.5. The standard InChI is InChI=1S/C42H58N4O11/c1-10-37(49)57-38(30(2)22-18-15-16-19-23-34-26-44-32(4)56-34)41(6,7)39(50)43-25-21-17-13-11-12-14-20-24-36(48)45-42(28-53-29-55-42)40(51)46(8)35(31(3)52-9)27-54-33(5)47/h11-22,24,26,31,35,38H,10,23,25,27-29H2,1-9H3,(H,43,50)(H,45,48)/b13-11+,14-12+,18-15-,19-16+,21-17-,24-20+,30-22-. The van der Waals surface area contributed by atoms with Gasteiger partial charge >= 0.3 is 11.9 Å². The Hall–Kier alpha value is -5.38. The number of methoxy groups -OCH3 is 1. The van der Waals surface area contributed by atoms with Gasteiger partial charge in [0.05, 0.1) is 23.8 Å². The second-order valence-electron chi connectivity index (χ2n) is 13.6. The smallest absolute Gasteiger partial charge is 0.306 e. The minimum Gasteiger partial charge on any atom is -0.464 e. The molecule has 1 aliphatic rings. The van der Waals surface area contributed by atoms with Crippen molar-refractivity contribution in [2.45, 2.75) is 85.3 Å². The first-order valence-corrected chi connectivity index (χ1v) is 18.6. The number of amides is 3. The van der Waals surface area contributed by atoms with Crippen molar-refractivity contribution in [3.8, 4) is 0 Å². The minimum atomic E-state index is -1.78. The van der Waals surface area contributed by atoms with Crippen molar-refractivity contribution >= 4 is 29.7 Å². The molecular weight excluding hydrogens is 736 g/mol. The fraction of sp³-hybridized carbons (Fsp3) is 0.476. The number of aryl methyl sites for hydroxylation is 1. The van der Waals surface area contributed by atoms with Crippen molar-refractivity contribution in [1.29, 1.82) is 0 Å². The van der Waals surface area contributed by atoms with Gasteiger partial charge in [-0.15, -0.1) is 0 Å². The zero-order chi connectivity index (χ0) is 42.4. The molecule has 1 aliphatic heterocycles. The first kappa shape index (κ1) is 47.8. The van der Waals surface area contributed by atoms with Crippen molar-refractivity contribution in [1.82, 2.24) is 20.5 Å². The van der Waals surface area contributed by atoms with Crippen LogP contribution in [0.2, 0.25) is 0 Å². The van der Waals surface area contributed by atoms with E-state index in [1.807, 2.05) is 37.3 Å². The Morgan fingerprint density at radius 2 is 1.68 bits per heavy atom. The molecule has 2 rings (SSSR count). The molecule has 4 atom stereocenters. The fourth-order valence-corrected chi connectivity index (χ4v) is 5.41. The molecule has 1 fully saturated rings. The van der Waals surface area contributed by atoms with E-state index in [4.69, 9.17) is 28.1 Å². The van der Waals surface area contributed by atoms with E-state index >= 15 is 0 Å². The van der Waals surface area contributed by atoms with Gasteiger partial charge in [0.1, 0.15) is 25.1 Å². The number of allylic oxidation sites excluding steroid dienone is 11. The first-order valence-electron chi connectivity index (χ1n) is 18.6. The summed E-state index contributed by atoms with van der Waals surface area (Å²) >= 11 is 0. The zero-order valence-electron chi connectivity index (χ0n) is 34.4. The van der Waals surface area contributed by atoms with Crippen molar-refractivity contribution in [3.63, 3.8) is 0 Å². The Balaban J connectivity index is 1.92. The summed E-state index contributed by atoms with van der Waals surface area (Å²) in [5, 5.41) is 5.47. The highest BCUT2D eigenvalue weighted by Crippen LogP contribution is 2.30. The Kier molecular flexibility index (Phi) is 20.4. The number of hydrogen-bond donors (Lipinski definition) is 2. The van der Waals surface area contributed by atoms with E-state index in [9.17, 15) is 24.0 Å². The van der Waals surface area contributed by atoms with Gasteiger partial charge in [0, 0.05) is 53.5 Å². The van der Waals surface area contributed by atoms with E-state index in [0.29, 0.717) is 17.9 Å². The van der Waals surface area contributed by atoms with Crippen molar-refractivity contribution < 1.29 is 52.1 Å². The van der Waals surface area contributed by atoms with Crippen LogP contribution in [-0.4, -0.2) is 104 Å². The molecule has 0 bridgehead atoms. The van der Waals surface area contributed by atoms with E-state index in [0.717, 1.165) is 5.76 Å². The SMILES string of the molecule is CCC(=O)OC(\C(C)=C/C=C\C=C\Cc1cnc(C)o1)C(C)(C)C(=O)NC\C=C/C=C/C=C/C=C/C(=O)NC1(C(=O)N(C)C(COC(C)=O)C(C)OC)COCO1. The lowest BCUT2D eigenvalue weighted by atomic mass is 9.81. The van der Waals surface area contributed by atoms with Gasteiger partial charge in [0.2, 0.25) is 17.5 Å². The lowest BCUT2D eigenvalue weighted by molar-refractivity contribution is -0.165. The lowest BCUT2D eigenvalue weighted by Crippen LogP contribution is -2.63. The maximum atomic E-state index is 13.5. The van der Waals surface area contributed by atoms with Crippen LogP contribution in [0, 0.1) is 12.3 Å². The summed E-state index contributed by atoms with van der Waals surface area (Å²) in [5.74, 6) is -1.01. The Labute approximate surface area is 335 Å². The van der Waals surface area contributed by atoms with Gasteiger partial charge in [0.15, 0.2) is 12.7 Å². The molecule has 1 aromatic rings. The molecule has 2 N–H and O–H groups in total. The maximum absolute atomic E-state index is 13.5. The largest absolute Gasteiger partial charge is 0.464 e. The quantitative estimate of drug-likeness (QED) is 0.0953. The predicted octanol–water partition coefficient (Wildman–Crippen LogP) is 4.52. The van der Waals surface area contributed by atoms with E-state index < -0.39 is 53.1 Å². The molecule has 0 aromatic carbocycles. The number of aromatic nitrogens is 1. The highest BCUT2D eigenvalue weighted by atomic mass is 16.7. The van der Waals surface area contributed by atoms with Crippen LogP contribution in [0.15, 0.2) is 95.2 Å². The molecule has 0 saturated carbocycles. The topological polar surface area (TPSA) is 185 Å². The van der Waals surface area contributed by atoms with Crippen LogP contribution in [0.5, 0.6) is 0 Å². The molecule has 4 unspecified atom stereocenters. The second-order valence-corrected chi connectivity index (χ2v) is 13.6. The third-order valence-corrected chi connectivity index (χ3v) is 8.77. The predicted molar refractivity (Wildman–Crippen MR) is 213 cm³/mol. The number of esters is 2. The van der Waals surface area contributed by atoms with Gasteiger partial charge in [-0.1, -0.05) is 79.8 Å². The zero-order valence-corrected chi connectivity index (χ0v) is 34.4. The normalized spacial score (nSPS) is 18.2. The molecule has 2 heterocycles. The molecule has 0 aliphatic carbocycles. The number of carbonyl (C=O) groups is 5. The lowest BCUT2D eigenvalue weighted by Gasteiger charge is -2.36. The molecule has 1 aromatic heterocycles. The fourth-order valence-electron chi connectivity index (χ4n) is 5.41. The third-order valence-electron chi connectivity index (χ3n) is 8.77. The molecule has 3 amide bonds. The Morgan fingerprint density at radius 3 is 2.30 bits per heavy atom. The average molecular weight is 795 g/mol. The van der Waals surface area contributed by atoms with Crippen LogP contribution in [-0.2, 0) is 54.1 Å². The number of nitrogens with one attached hydrogen (secondary N) is 2. The second kappa shape index (κ2) is 24.3. The van der Waals surface area contributed by atoms with Crippen LogP contribution in [0.4, 0.5) is 0 Å². The van der Waals surface area contributed by atoms with Crippen molar-refractivity contribution in [2.75, 3.05) is 40.7 Å². The number of nitrogens with zero attached hydrogens (tertiary/aromatic N) is 2. The van der Waals surface area contributed by atoms with Gasteiger partial charge in [-0.05, 0) is 33.3 Å². The number of hydrogen-bond acceptors (Lipinski definition) is 12. The minimum absolute atomic E-state index is 0.113. The average Bonchev–Trinajstić information content (AvgIpc) is 3.83. The van der Waals surface area contributed by atoms with E-state index in [1.54, 1.807) is 77.3 Å². The third kappa shape index (κ3) is 15.9. The van der Waals surface area contributed by atoms with Crippen LogP contribution in [0.1, 0.15) is 59.6 Å². The molecule has 312 valence electrons. The van der Waals surface area contributed by atoms with E-state index in [-0.39, 0.29) is 38.9 Å². The number of rotatable bonds is 22.